The van der Waals surface area contributed by atoms with Gasteiger partial charge in [0.05, 0.1) is 16.7 Å². The summed E-state index contributed by atoms with van der Waals surface area (Å²) in [5, 5.41) is 2.34. The minimum Gasteiger partial charge on any atom is -0.320 e. The summed E-state index contributed by atoms with van der Waals surface area (Å²) < 4.78 is 4.37. The number of hydrogen-bond donors (Lipinski definition) is 0. The van der Waals surface area contributed by atoms with Crippen molar-refractivity contribution >= 4 is 38.9 Å². The van der Waals surface area contributed by atoms with E-state index >= 15 is 0 Å². The average Bonchev–Trinajstić information content (AvgIpc) is 3.84. The number of benzene rings is 7. The van der Waals surface area contributed by atoms with E-state index in [9.17, 15) is 0 Å². The lowest BCUT2D eigenvalue weighted by molar-refractivity contribution is 0.846. The number of imidazole rings is 1. The maximum atomic E-state index is 4.85. The number of fused-ring (bicyclic) bond motifs is 3. The number of aryl methyl sites for hydroxylation is 1. The van der Waals surface area contributed by atoms with Crippen molar-refractivity contribution in [3.05, 3.63) is 207 Å². The minimum absolute atomic E-state index is 0.861. The lowest BCUT2D eigenvalue weighted by Crippen LogP contribution is -2.10. The molecule has 5 heteroatoms. The van der Waals surface area contributed by atoms with E-state index < -0.39 is 0 Å². The summed E-state index contributed by atoms with van der Waals surface area (Å²) in [7, 11) is 2.05. The molecule has 0 amide bonds. The third-order valence-electron chi connectivity index (χ3n) is 10.6. The summed E-state index contributed by atoms with van der Waals surface area (Å²) in [6.07, 6.45) is 5.76. The molecular weight excluding hydrogens is 683 g/mol. The van der Waals surface area contributed by atoms with E-state index in [0.717, 1.165) is 56.3 Å². The Labute approximate surface area is 326 Å². The van der Waals surface area contributed by atoms with E-state index in [1.807, 2.05) is 24.7 Å². The van der Waals surface area contributed by atoms with Crippen LogP contribution in [-0.4, -0.2) is 19.1 Å². The first-order chi connectivity index (χ1) is 27.7. The smallest absolute Gasteiger partial charge is 0.214 e. The second-order valence-electron chi connectivity index (χ2n) is 14.1. The lowest BCUT2D eigenvalue weighted by Gasteiger charge is -2.26. The summed E-state index contributed by atoms with van der Waals surface area (Å²) in [4.78, 5) is 12.0. The monoisotopic (exact) mass is 719 g/mol. The molecule has 3 heterocycles. The summed E-state index contributed by atoms with van der Waals surface area (Å²) in [6, 6.07) is 66.9. The molecule has 10 aromatic rings. The van der Waals surface area contributed by atoms with Gasteiger partial charge in [-0.05, 0) is 94.0 Å². The fourth-order valence-electron chi connectivity index (χ4n) is 7.83. The van der Waals surface area contributed by atoms with E-state index in [0.29, 0.717) is 0 Å². The maximum absolute atomic E-state index is 4.85. The van der Waals surface area contributed by atoms with Gasteiger partial charge in [0, 0.05) is 59.0 Å². The Morgan fingerprint density at radius 3 is 1.70 bits per heavy atom. The number of hydrogen-bond acceptors (Lipinski definition) is 3. The van der Waals surface area contributed by atoms with E-state index in [1.165, 1.54) is 33.2 Å². The molecule has 0 saturated heterocycles. The number of nitrogens with zero attached hydrogens (tertiary/aromatic N) is 5. The molecule has 7 aromatic carbocycles. The maximum Gasteiger partial charge on any atom is 0.214 e. The van der Waals surface area contributed by atoms with Gasteiger partial charge in [0.15, 0.2) is 0 Å². The molecule has 0 atom stereocenters. The van der Waals surface area contributed by atoms with Crippen LogP contribution in [0.3, 0.4) is 0 Å². The Bertz CT molecular complexity index is 2960. The van der Waals surface area contributed by atoms with Crippen molar-refractivity contribution in [1.29, 1.82) is 0 Å². The van der Waals surface area contributed by atoms with Gasteiger partial charge in [-0.3, -0.25) is 9.55 Å². The first kappa shape index (κ1) is 33.1. The van der Waals surface area contributed by atoms with Crippen LogP contribution in [0.25, 0.3) is 72.4 Å². The van der Waals surface area contributed by atoms with Gasteiger partial charge in [0.1, 0.15) is 0 Å². The summed E-state index contributed by atoms with van der Waals surface area (Å²) in [5.74, 6) is 0.861. The third kappa shape index (κ3) is 6.02. The van der Waals surface area contributed by atoms with Gasteiger partial charge in [-0.25, -0.2) is 4.98 Å². The number of para-hydroxylation sites is 1. The molecule has 0 unspecified atom stereocenters. The molecule has 0 aliphatic carbocycles. The molecule has 0 N–H and O–H groups in total. The predicted octanol–water partition coefficient (Wildman–Crippen LogP) is 13.0. The van der Waals surface area contributed by atoms with Crippen LogP contribution in [0, 0.1) is 0 Å². The number of anilines is 3. The molecule has 0 aliphatic rings. The number of pyridine rings is 1. The fourth-order valence-corrected chi connectivity index (χ4v) is 7.83. The summed E-state index contributed by atoms with van der Waals surface area (Å²) in [5.41, 5.74) is 14.4. The number of aromatic nitrogens is 4. The van der Waals surface area contributed by atoms with Crippen molar-refractivity contribution in [3.8, 4) is 50.6 Å². The minimum atomic E-state index is 0.861. The van der Waals surface area contributed by atoms with Crippen LogP contribution in [0.5, 0.6) is 0 Å². The molecule has 0 saturated carbocycles. The largest absolute Gasteiger partial charge is 0.320 e. The van der Waals surface area contributed by atoms with Crippen LogP contribution >= 0.6 is 0 Å². The van der Waals surface area contributed by atoms with Gasteiger partial charge in [-0.1, -0.05) is 127 Å². The van der Waals surface area contributed by atoms with Gasteiger partial charge in [0.25, 0.3) is 0 Å². The Kier molecular flexibility index (Phi) is 8.30. The SMILES string of the molecule is Cn1ccnc1-n1c2ccc(-c3ccc(-c4ccccc4)cc3)cc2c2ccc(N(c3ccccc3)c3cccc(-c4cc(-c5ccccc5)ccn4)c3)cc21. The van der Waals surface area contributed by atoms with Crippen LogP contribution in [0.2, 0.25) is 0 Å². The van der Waals surface area contributed by atoms with E-state index in [4.69, 9.17) is 9.97 Å². The Hall–Kier alpha value is -7.50. The fraction of sp³-hybridized carbons (Fsp3) is 0.0196. The van der Waals surface area contributed by atoms with Crippen LogP contribution in [-0.2, 0) is 7.05 Å². The van der Waals surface area contributed by atoms with Crippen molar-refractivity contribution in [2.75, 3.05) is 4.90 Å². The highest BCUT2D eigenvalue weighted by atomic mass is 15.2. The zero-order valence-electron chi connectivity index (χ0n) is 30.9. The first-order valence-electron chi connectivity index (χ1n) is 18.9. The van der Waals surface area contributed by atoms with Crippen molar-refractivity contribution in [3.63, 3.8) is 0 Å². The average molecular weight is 720 g/mol. The molecule has 10 rings (SSSR count). The van der Waals surface area contributed by atoms with Crippen LogP contribution < -0.4 is 4.90 Å². The summed E-state index contributed by atoms with van der Waals surface area (Å²) in [6.45, 7) is 0. The normalized spacial score (nSPS) is 11.3. The van der Waals surface area contributed by atoms with Gasteiger partial charge in [0.2, 0.25) is 5.95 Å². The van der Waals surface area contributed by atoms with Crippen LogP contribution in [0.1, 0.15) is 0 Å². The molecule has 0 radical (unpaired) electrons. The topological polar surface area (TPSA) is 38.9 Å². The molecule has 5 nitrogen and oxygen atoms in total. The van der Waals surface area contributed by atoms with Gasteiger partial charge >= 0.3 is 0 Å². The highest BCUT2D eigenvalue weighted by Gasteiger charge is 2.20. The van der Waals surface area contributed by atoms with Gasteiger partial charge in [-0.2, -0.15) is 0 Å². The quantitative estimate of drug-likeness (QED) is 0.157. The highest BCUT2D eigenvalue weighted by Crippen LogP contribution is 2.41. The summed E-state index contributed by atoms with van der Waals surface area (Å²) >= 11 is 0. The molecule has 0 spiro atoms. The van der Waals surface area contributed by atoms with E-state index in [-0.39, 0.29) is 0 Å². The van der Waals surface area contributed by atoms with Crippen LogP contribution in [0.4, 0.5) is 17.1 Å². The van der Waals surface area contributed by atoms with Crippen molar-refractivity contribution in [1.82, 2.24) is 19.1 Å². The van der Waals surface area contributed by atoms with E-state index in [1.54, 1.807) is 0 Å². The second-order valence-corrected chi connectivity index (χ2v) is 14.1. The predicted molar refractivity (Wildman–Crippen MR) is 232 cm³/mol. The number of rotatable bonds is 8. The Balaban J connectivity index is 1.11. The molecule has 0 fully saturated rings. The Morgan fingerprint density at radius 2 is 0.982 bits per heavy atom. The van der Waals surface area contributed by atoms with Crippen molar-refractivity contribution < 1.29 is 0 Å². The standard InChI is InChI=1S/C51H37N5/c1-54-31-30-53-51(54)56-49-27-24-40(39-22-20-38(21-23-39)36-12-5-2-6-13-36)33-47(49)46-26-25-45(35-50(46)56)55(43-17-9-4-10-18-43)44-19-11-16-42(32-44)48-34-41(28-29-52-48)37-14-7-3-8-15-37/h2-35H,1H3. The molecular formula is C51H37N5. The lowest BCUT2D eigenvalue weighted by atomic mass is 9.99. The van der Waals surface area contributed by atoms with Crippen LogP contribution in [0.15, 0.2) is 207 Å². The molecule has 3 aromatic heterocycles. The molecule has 266 valence electrons. The first-order valence-corrected chi connectivity index (χ1v) is 18.9. The zero-order chi connectivity index (χ0) is 37.4. The molecule has 56 heavy (non-hydrogen) atoms. The highest BCUT2D eigenvalue weighted by molar-refractivity contribution is 6.11. The Morgan fingerprint density at radius 1 is 0.393 bits per heavy atom. The van der Waals surface area contributed by atoms with Crippen molar-refractivity contribution in [2.45, 2.75) is 0 Å². The molecule has 0 aliphatic heterocycles. The zero-order valence-corrected chi connectivity index (χ0v) is 30.9. The van der Waals surface area contributed by atoms with E-state index in [2.05, 4.69) is 203 Å². The second kappa shape index (κ2) is 14.0. The van der Waals surface area contributed by atoms with Gasteiger partial charge in [-0.15, -0.1) is 0 Å². The molecule has 0 bridgehead atoms. The van der Waals surface area contributed by atoms with Gasteiger partial charge < -0.3 is 9.47 Å². The third-order valence-corrected chi connectivity index (χ3v) is 10.6. The van der Waals surface area contributed by atoms with Crippen molar-refractivity contribution in [2.24, 2.45) is 7.05 Å².